The van der Waals surface area contributed by atoms with Crippen LogP contribution >= 0.6 is 0 Å². The first-order valence-corrected chi connectivity index (χ1v) is 6.11. The maximum Gasteiger partial charge on any atom is 0.145 e. The summed E-state index contributed by atoms with van der Waals surface area (Å²) in [6.45, 7) is -0.146. The van der Waals surface area contributed by atoms with Crippen molar-refractivity contribution in [3.05, 3.63) is 53.1 Å². The van der Waals surface area contributed by atoms with Gasteiger partial charge in [0.1, 0.15) is 23.3 Å². The maximum atomic E-state index is 9.13. The fourth-order valence-electron chi connectivity index (χ4n) is 1.79. The zero-order valence-electron chi connectivity index (χ0n) is 11.3. The summed E-state index contributed by atoms with van der Waals surface area (Å²) < 4.78 is 10.7. The van der Waals surface area contributed by atoms with E-state index in [0.717, 1.165) is 0 Å². The lowest BCUT2D eigenvalue weighted by atomic mass is 10.1. The van der Waals surface area contributed by atoms with Gasteiger partial charge in [0.15, 0.2) is 0 Å². The van der Waals surface area contributed by atoms with Crippen LogP contribution in [0.15, 0.2) is 36.4 Å². The zero-order valence-corrected chi connectivity index (χ0v) is 11.3. The molecule has 0 atom stereocenters. The Hall–Kier alpha value is -3.02. The molecule has 21 heavy (non-hydrogen) atoms. The second-order valence-electron chi connectivity index (χ2n) is 4.21. The maximum absolute atomic E-state index is 9.13. The summed E-state index contributed by atoms with van der Waals surface area (Å²) in [7, 11) is 1.50. The molecule has 0 unspecified atom stereocenters. The zero-order chi connectivity index (χ0) is 15.2. The van der Waals surface area contributed by atoms with Crippen molar-refractivity contribution in [3.63, 3.8) is 0 Å². The van der Waals surface area contributed by atoms with E-state index in [4.69, 9.17) is 25.1 Å². The molecule has 0 aliphatic heterocycles. The van der Waals surface area contributed by atoms with E-state index in [-0.39, 0.29) is 6.61 Å². The second kappa shape index (κ2) is 6.42. The lowest BCUT2D eigenvalue weighted by Crippen LogP contribution is -1.93. The third-order valence-corrected chi connectivity index (χ3v) is 2.82. The fourth-order valence-corrected chi connectivity index (χ4v) is 1.79. The number of nitriles is 2. The minimum Gasteiger partial charge on any atom is -0.497 e. The molecule has 0 fully saturated rings. The Kier molecular flexibility index (Phi) is 4.40. The summed E-state index contributed by atoms with van der Waals surface area (Å²) in [5.74, 6) is 1.25. The lowest BCUT2D eigenvalue weighted by Gasteiger charge is -2.10. The largest absolute Gasteiger partial charge is 0.497 e. The number of hydrogen-bond donors (Lipinski definition) is 1. The highest BCUT2D eigenvalue weighted by molar-refractivity contribution is 5.50. The number of benzene rings is 2. The van der Waals surface area contributed by atoms with Crippen LogP contribution in [0.25, 0.3) is 0 Å². The minimum absolute atomic E-state index is 0.146. The standard InChI is InChI=1S/C16H12N2O3/c1-20-14-5-12(8-17)6-15(7-14)21-16-3-2-11(10-19)4-13(16)9-18/h2-7,19H,10H2,1H3. The highest BCUT2D eigenvalue weighted by Crippen LogP contribution is 2.29. The minimum atomic E-state index is -0.146. The van der Waals surface area contributed by atoms with Gasteiger partial charge in [-0.3, -0.25) is 0 Å². The molecule has 2 aromatic rings. The Morgan fingerprint density at radius 3 is 2.43 bits per heavy atom. The molecule has 0 bridgehead atoms. The van der Waals surface area contributed by atoms with Gasteiger partial charge >= 0.3 is 0 Å². The van der Waals surface area contributed by atoms with E-state index in [9.17, 15) is 0 Å². The molecule has 1 N–H and O–H groups in total. The van der Waals surface area contributed by atoms with Crippen molar-refractivity contribution in [2.24, 2.45) is 0 Å². The molecule has 5 nitrogen and oxygen atoms in total. The van der Waals surface area contributed by atoms with Crippen LogP contribution in [0.3, 0.4) is 0 Å². The quantitative estimate of drug-likeness (QED) is 0.930. The van der Waals surface area contributed by atoms with Gasteiger partial charge in [-0.15, -0.1) is 0 Å². The second-order valence-corrected chi connectivity index (χ2v) is 4.21. The molecule has 0 aromatic heterocycles. The molecule has 0 aliphatic carbocycles. The van der Waals surface area contributed by atoms with Crippen molar-refractivity contribution in [1.29, 1.82) is 10.5 Å². The van der Waals surface area contributed by atoms with Crippen molar-refractivity contribution in [2.45, 2.75) is 6.61 Å². The number of nitrogens with zero attached hydrogens (tertiary/aromatic N) is 2. The molecule has 2 aromatic carbocycles. The molecule has 0 spiro atoms. The van der Waals surface area contributed by atoms with Crippen molar-refractivity contribution in [2.75, 3.05) is 7.11 Å². The first-order chi connectivity index (χ1) is 10.2. The normalized spacial score (nSPS) is 9.52. The molecular formula is C16H12N2O3. The molecule has 0 saturated heterocycles. The topological polar surface area (TPSA) is 86.3 Å². The van der Waals surface area contributed by atoms with E-state index in [1.165, 1.54) is 7.11 Å². The predicted octanol–water partition coefficient (Wildman–Crippen LogP) is 2.72. The number of aliphatic hydroxyl groups excluding tert-OH is 1. The van der Waals surface area contributed by atoms with Gasteiger partial charge in [-0.05, 0) is 29.8 Å². The summed E-state index contributed by atoms with van der Waals surface area (Å²) >= 11 is 0. The molecule has 104 valence electrons. The summed E-state index contributed by atoms with van der Waals surface area (Å²) in [5.41, 5.74) is 1.33. The highest BCUT2D eigenvalue weighted by atomic mass is 16.5. The smallest absolute Gasteiger partial charge is 0.145 e. The van der Waals surface area contributed by atoms with Gasteiger partial charge in [-0.1, -0.05) is 6.07 Å². The SMILES string of the molecule is COc1cc(C#N)cc(Oc2ccc(CO)cc2C#N)c1. The summed E-state index contributed by atoms with van der Waals surface area (Å²) in [5, 5.41) is 27.2. The molecule has 2 rings (SSSR count). The molecule has 0 saturated carbocycles. The van der Waals surface area contributed by atoms with Crippen molar-refractivity contribution >= 4 is 0 Å². The van der Waals surface area contributed by atoms with Gasteiger partial charge in [-0.25, -0.2) is 0 Å². The Labute approximate surface area is 122 Å². The van der Waals surface area contributed by atoms with Crippen LogP contribution in [0.1, 0.15) is 16.7 Å². The van der Waals surface area contributed by atoms with Crippen molar-refractivity contribution in [3.8, 4) is 29.4 Å². The number of rotatable bonds is 4. The average molecular weight is 280 g/mol. The number of aliphatic hydroxyl groups is 1. The van der Waals surface area contributed by atoms with Crippen LogP contribution in [0.5, 0.6) is 17.2 Å². The van der Waals surface area contributed by atoms with Gasteiger partial charge in [-0.2, -0.15) is 10.5 Å². The van der Waals surface area contributed by atoms with Gasteiger partial charge in [0.2, 0.25) is 0 Å². The van der Waals surface area contributed by atoms with Crippen LogP contribution in [-0.4, -0.2) is 12.2 Å². The highest BCUT2D eigenvalue weighted by Gasteiger charge is 2.08. The lowest BCUT2D eigenvalue weighted by molar-refractivity contribution is 0.281. The third-order valence-electron chi connectivity index (χ3n) is 2.82. The van der Waals surface area contributed by atoms with Gasteiger partial charge in [0.05, 0.1) is 30.9 Å². The van der Waals surface area contributed by atoms with Gasteiger partial charge in [0.25, 0.3) is 0 Å². The van der Waals surface area contributed by atoms with Crippen LogP contribution in [0, 0.1) is 22.7 Å². The van der Waals surface area contributed by atoms with E-state index in [1.807, 2.05) is 12.1 Å². The van der Waals surface area contributed by atoms with Crippen LogP contribution in [0.4, 0.5) is 0 Å². The van der Waals surface area contributed by atoms with E-state index >= 15 is 0 Å². The summed E-state index contributed by atoms with van der Waals surface area (Å²) in [6, 6.07) is 13.6. The monoisotopic (exact) mass is 280 g/mol. The number of hydrogen-bond acceptors (Lipinski definition) is 5. The third kappa shape index (κ3) is 3.30. The molecular weight excluding hydrogens is 268 g/mol. The van der Waals surface area contributed by atoms with Crippen molar-refractivity contribution in [1.82, 2.24) is 0 Å². The van der Waals surface area contributed by atoms with Gasteiger partial charge < -0.3 is 14.6 Å². The van der Waals surface area contributed by atoms with E-state index in [1.54, 1.807) is 36.4 Å². The Bertz CT molecular complexity index is 742. The van der Waals surface area contributed by atoms with E-state index < -0.39 is 0 Å². The number of ether oxygens (including phenoxy) is 2. The Morgan fingerprint density at radius 2 is 1.81 bits per heavy atom. The molecule has 0 heterocycles. The molecule has 0 radical (unpaired) electrons. The first-order valence-electron chi connectivity index (χ1n) is 6.11. The van der Waals surface area contributed by atoms with Crippen LogP contribution in [0.2, 0.25) is 0 Å². The molecule has 0 aliphatic rings. The Morgan fingerprint density at radius 1 is 1.05 bits per heavy atom. The van der Waals surface area contributed by atoms with Crippen LogP contribution in [-0.2, 0) is 6.61 Å². The molecule has 0 amide bonds. The van der Waals surface area contributed by atoms with Crippen molar-refractivity contribution < 1.29 is 14.6 Å². The van der Waals surface area contributed by atoms with Gasteiger partial charge in [0, 0.05) is 6.07 Å². The van der Waals surface area contributed by atoms with Crippen LogP contribution < -0.4 is 9.47 Å². The van der Waals surface area contributed by atoms with E-state index in [0.29, 0.717) is 33.9 Å². The fraction of sp³-hybridized carbons (Fsp3) is 0.125. The first kappa shape index (κ1) is 14.4. The predicted molar refractivity (Wildman–Crippen MR) is 74.9 cm³/mol. The molecule has 5 heteroatoms. The number of methoxy groups -OCH3 is 1. The average Bonchev–Trinajstić information content (AvgIpc) is 2.54. The van der Waals surface area contributed by atoms with E-state index in [2.05, 4.69) is 0 Å². The summed E-state index contributed by atoms with van der Waals surface area (Å²) in [4.78, 5) is 0. The Balaban J connectivity index is 2.39. The summed E-state index contributed by atoms with van der Waals surface area (Å²) in [6.07, 6.45) is 0.